The Kier molecular flexibility index (Phi) is 7.67. The number of ether oxygens (including phenoxy) is 2. The summed E-state index contributed by atoms with van der Waals surface area (Å²) in [6.45, 7) is 3.03. The van der Waals surface area contributed by atoms with Gasteiger partial charge in [-0.15, -0.1) is 0 Å². The van der Waals surface area contributed by atoms with Crippen molar-refractivity contribution in [3.05, 3.63) is 84.1 Å². The molecule has 1 aliphatic rings. The molecule has 7 nitrogen and oxygen atoms in total. The van der Waals surface area contributed by atoms with Crippen molar-refractivity contribution in [3.8, 4) is 22.6 Å². The van der Waals surface area contributed by atoms with Gasteiger partial charge >= 0.3 is 0 Å². The number of H-pyrrole nitrogens is 1. The Balaban J connectivity index is 0.000000266. The highest BCUT2D eigenvalue weighted by atomic mass is 16.7. The maximum atomic E-state index is 11.8. The lowest BCUT2D eigenvalue weighted by molar-refractivity contribution is -0.127. The van der Waals surface area contributed by atoms with Crippen LogP contribution in [0.1, 0.15) is 11.3 Å². The van der Waals surface area contributed by atoms with E-state index in [1.165, 1.54) is 27.0 Å². The number of likely N-dealkylation sites (N-methyl/N-ethyl adjacent to an activating group) is 1. The third kappa shape index (κ3) is 6.00. The maximum absolute atomic E-state index is 11.8. The molecule has 0 aliphatic carbocycles. The van der Waals surface area contributed by atoms with Gasteiger partial charge in [-0.05, 0) is 54.3 Å². The minimum absolute atomic E-state index is 0.0779. The van der Waals surface area contributed by atoms with Crippen LogP contribution in [0.5, 0.6) is 11.5 Å². The number of fused-ring (bicyclic) bond motifs is 2. The number of aromatic amines is 1. The Hall–Kier alpha value is -4.26. The van der Waals surface area contributed by atoms with E-state index < -0.39 is 0 Å². The van der Waals surface area contributed by atoms with Crippen LogP contribution in [-0.4, -0.2) is 49.1 Å². The highest BCUT2D eigenvalue weighted by molar-refractivity contribution is 5.89. The summed E-state index contributed by atoms with van der Waals surface area (Å²) in [6, 6.07) is 24.3. The number of nitrogens with one attached hydrogen (secondary N) is 2. The third-order valence-corrected chi connectivity index (χ3v) is 5.77. The molecule has 35 heavy (non-hydrogen) atoms. The molecule has 2 N–H and O–H groups in total. The number of hydrogen-bond donors (Lipinski definition) is 2. The van der Waals surface area contributed by atoms with E-state index in [2.05, 4.69) is 47.6 Å². The minimum atomic E-state index is -0.151. The Labute approximate surface area is 204 Å². The highest BCUT2D eigenvalue weighted by Crippen LogP contribution is 2.30. The lowest BCUT2D eigenvalue weighted by Crippen LogP contribution is -2.35. The molecule has 0 saturated heterocycles. The first-order valence-electron chi connectivity index (χ1n) is 11.5. The van der Waals surface area contributed by atoms with E-state index in [1.807, 2.05) is 42.5 Å². The molecule has 0 atom stereocenters. The Morgan fingerprint density at radius 3 is 2.37 bits per heavy atom. The zero-order valence-electron chi connectivity index (χ0n) is 19.9. The summed E-state index contributed by atoms with van der Waals surface area (Å²) in [4.78, 5) is 27.1. The molecule has 1 aliphatic heterocycles. The number of carbonyl (C=O) groups is 2. The smallest absolute Gasteiger partial charge is 0.239 e. The molecule has 7 heteroatoms. The van der Waals surface area contributed by atoms with Crippen LogP contribution in [0.2, 0.25) is 0 Å². The van der Waals surface area contributed by atoms with E-state index in [0.717, 1.165) is 29.1 Å². The maximum Gasteiger partial charge on any atom is 0.239 e. The number of hydrogen-bond acceptors (Lipinski definition) is 4. The number of carbonyl (C=O) groups excluding carboxylic acids is 2. The van der Waals surface area contributed by atoms with Gasteiger partial charge in [0, 0.05) is 30.2 Å². The fourth-order valence-corrected chi connectivity index (χ4v) is 4.01. The minimum Gasteiger partial charge on any atom is -0.454 e. The van der Waals surface area contributed by atoms with Crippen molar-refractivity contribution in [1.29, 1.82) is 0 Å². The molecule has 180 valence electrons. The van der Waals surface area contributed by atoms with Crippen LogP contribution in [0.15, 0.2) is 72.8 Å². The number of para-hydroxylation sites is 2. The second kappa shape index (κ2) is 11.2. The van der Waals surface area contributed by atoms with Crippen LogP contribution in [0, 0.1) is 6.92 Å². The van der Waals surface area contributed by atoms with Crippen LogP contribution in [0.3, 0.4) is 0 Å². The zero-order chi connectivity index (χ0) is 24.6. The summed E-state index contributed by atoms with van der Waals surface area (Å²) in [5.74, 6) is 1.54. The van der Waals surface area contributed by atoms with Crippen molar-refractivity contribution in [2.24, 2.45) is 0 Å². The van der Waals surface area contributed by atoms with Gasteiger partial charge in [0.05, 0.1) is 6.54 Å². The van der Waals surface area contributed by atoms with Crippen LogP contribution in [0.4, 0.5) is 0 Å². The molecule has 3 aromatic carbocycles. The van der Waals surface area contributed by atoms with Crippen LogP contribution in [0.25, 0.3) is 22.0 Å². The number of aromatic nitrogens is 1. The largest absolute Gasteiger partial charge is 0.454 e. The van der Waals surface area contributed by atoms with Gasteiger partial charge < -0.3 is 24.7 Å². The standard InChI is InChI=1S/C21H23N3O2.C7H6O2/c1-15-18(10-11-22-21(26)13-24(2)14-25)19-12-17(8-9-20(19)23-15)16-6-4-3-5-7-16;1-2-4-7-6(3-1)8-5-9-7/h3-9,12,14,23H,10-11,13H2,1-2H3,(H,22,26);1-4H,5H2. The molecule has 2 heterocycles. The first-order valence-corrected chi connectivity index (χ1v) is 11.5. The van der Waals surface area contributed by atoms with Gasteiger partial charge in [-0.25, -0.2) is 0 Å². The van der Waals surface area contributed by atoms with E-state index >= 15 is 0 Å². The SMILES string of the molecule is Cc1[nH]c2ccc(-c3ccccc3)cc2c1CCNC(=O)CN(C)C=O.c1ccc2c(c1)OCO2. The third-order valence-electron chi connectivity index (χ3n) is 5.77. The van der Waals surface area contributed by atoms with Crippen LogP contribution >= 0.6 is 0 Å². The molecule has 0 fully saturated rings. The summed E-state index contributed by atoms with van der Waals surface area (Å²) in [5.41, 5.74) is 5.79. The van der Waals surface area contributed by atoms with Gasteiger partial charge in [-0.1, -0.05) is 48.5 Å². The summed E-state index contributed by atoms with van der Waals surface area (Å²) in [7, 11) is 1.58. The molecule has 0 bridgehead atoms. The molecule has 2 amide bonds. The molecule has 5 rings (SSSR count). The van der Waals surface area contributed by atoms with Gasteiger partial charge in [0.1, 0.15) is 0 Å². The van der Waals surface area contributed by atoms with Crippen molar-refractivity contribution in [2.45, 2.75) is 13.3 Å². The monoisotopic (exact) mass is 471 g/mol. The van der Waals surface area contributed by atoms with Crippen molar-refractivity contribution < 1.29 is 19.1 Å². The number of rotatable bonds is 7. The molecule has 4 aromatic rings. The molecule has 1 aromatic heterocycles. The van der Waals surface area contributed by atoms with E-state index in [0.29, 0.717) is 19.7 Å². The fraction of sp³-hybridized carbons (Fsp3) is 0.214. The van der Waals surface area contributed by atoms with Crippen molar-refractivity contribution in [1.82, 2.24) is 15.2 Å². The van der Waals surface area contributed by atoms with Gasteiger partial charge in [0.25, 0.3) is 0 Å². The second-order valence-corrected chi connectivity index (χ2v) is 8.33. The lowest BCUT2D eigenvalue weighted by atomic mass is 10.0. The zero-order valence-corrected chi connectivity index (χ0v) is 19.9. The Morgan fingerprint density at radius 1 is 1.00 bits per heavy atom. The highest BCUT2D eigenvalue weighted by Gasteiger charge is 2.11. The van der Waals surface area contributed by atoms with Crippen molar-refractivity contribution >= 4 is 23.2 Å². The fourth-order valence-electron chi connectivity index (χ4n) is 4.01. The van der Waals surface area contributed by atoms with Crippen molar-refractivity contribution in [3.63, 3.8) is 0 Å². The van der Waals surface area contributed by atoms with Crippen LogP contribution in [-0.2, 0) is 16.0 Å². The first kappa shape index (κ1) is 23.9. The topological polar surface area (TPSA) is 83.7 Å². The summed E-state index contributed by atoms with van der Waals surface area (Å²) >= 11 is 0. The second-order valence-electron chi connectivity index (χ2n) is 8.33. The van der Waals surface area contributed by atoms with E-state index in [1.54, 1.807) is 7.05 Å². The molecular weight excluding hydrogens is 442 g/mol. The number of nitrogens with zero attached hydrogens (tertiary/aromatic N) is 1. The molecule has 0 spiro atoms. The predicted molar refractivity (Wildman–Crippen MR) is 136 cm³/mol. The van der Waals surface area contributed by atoms with Gasteiger partial charge in [0.2, 0.25) is 19.1 Å². The Morgan fingerprint density at radius 2 is 1.69 bits per heavy atom. The average Bonchev–Trinajstić information content (AvgIpc) is 3.48. The molecule has 0 saturated carbocycles. The Bertz CT molecular complexity index is 1280. The van der Waals surface area contributed by atoms with Gasteiger partial charge in [0.15, 0.2) is 11.5 Å². The summed E-state index contributed by atoms with van der Waals surface area (Å²) in [6.07, 6.45) is 1.38. The van der Waals surface area contributed by atoms with Crippen molar-refractivity contribution in [2.75, 3.05) is 26.9 Å². The molecule has 0 radical (unpaired) electrons. The van der Waals surface area contributed by atoms with E-state index in [9.17, 15) is 9.59 Å². The van der Waals surface area contributed by atoms with E-state index in [4.69, 9.17) is 9.47 Å². The predicted octanol–water partition coefficient (Wildman–Crippen LogP) is 4.31. The average molecular weight is 472 g/mol. The normalized spacial score (nSPS) is 11.5. The summed E-state index contributed by atoms with van der Waals surface area (Å²) in [5, 5.41) is 4.05. The summed E-state index contributed by atoms with van der Waals surface area (Å²) < 4.78 is 10.2. The van der Waals surface area contributed by atoms with E-state index in [-0.39, 0.29) is 12.5 Å². The molecule has 0 unspecified atom stereocenters. The van der Waals surface area contributed by atoms with Gasteiger partial charge in [-0.2, -0.15) is 0 Å². The number of aryl methyl sites for hydroxylation is 1. The van der Waals surface area contributed by atoms with Crippen LogP contribution < -0.4 is 14.8 Å². The molecular formula is C28H29N3O4. The van der Waals surface area contributed by atoms with Gasteiger partial charge in [-0.3, -0.25) is 9.59 Å². The number of benzene rings is 3. The lowest BCUT2D eigenvalue weighted by Gasteiger charge is -2.10. The first-order chi connectivity index (χ1) is 17.0. The number of amides is 2. The quantitative estimate of drug-likeness (QED) is 0.394.